The summed E-state index contributed by atoms with van der Waals surface area (Å²) in [6.07, 6.45) is -4.35. The molecule has 0 aromatic heterocycles. The van der Waals surface area contributed by atoms with Crippen LogP contribution in [0.2, 0.25) is 0 Å². The second-order valence-corrected chi connectivity index (χ2v) is 11.4. The van der Waals surface area contributed by atoms with E-state index >= 15 is 0 Å². The summed E-state index contributed by atoms with van der Waals surface area (Å²) in [6, 6.07) is 31.9. The Morgan fingerprint density at radius 2 is 1.00 bits per heavy atom. The molecule has 5 heteroatoms. The molecular weight excluding hydrogens is 419 g/mol. The van der Waals surface area contributed by atoms with Gasteiger partial charge in [-0.2, -0.15) is 0 Å². The van der Waals surface area contributed by atoms with Crippen molar-refractivity contribution in [3.8, 4) is 0 Å². The average molecular weight is 440 g/mol. The number of rotatable bonds is 5. The molecule has 0 N–H and O–H groups in total. The first-order valence-corrected chi connectivity index (χ1v) is 12.1. The molecule has 0 aliphatic heterocycles. The van der Waals surface area contributed by atoms with Gasteiger partial charge in [0.2, 0.25) is 0 Å². The fourth-order valence-corrected chi connectivity index (χ4v) is 8.89. The molecule has 0 amide bonds. The van der Waals surface area contributed by atoms with Crippen molar-refractivity contribution in [3.63, 3.8) is 0 Å². The Morgan fingerprint density at radius 1 is 0.581 bits per heavy atom. The van der Waals surface area contributed by atoms with Crippen molar-refractivity contribution < 1.29 is 17.6 Å². The van der Waals surface area contributed by atoms with Gasteiger partial charge in [-0.25, -0.2) is 0 Å². The van der Waals surface area contributed by atoms with Crippen molar-refractivity contribution >= 4 is 23.2 Å². The van der Waals surface area contributed by atoms with Gasteiger partial charge in [0.1, 0.15) is 0 Å². The third kappa shape index (κ3) is 4.26. The van der Waals surface area contributed by atoms with Crippen LogP contribution in [-0.2, 0) is 12.3 Å². The molecule has 0 saturated heterocycles. The van der Waals surface area contributed by atoms with Gasteiger partial charge in [-0.1, -0.05) is 0 Å². The van der Waals surface area contributed by atoms with E-state index in [1.54, 1.807) is 0 Å². The standard InChI is InChI=1S/C26H21F4P/c27-25-17-16-21(26(28,29)30)18-20(25)19-31(22-10-4-1-5-11-22,23-12-6-2-7-13-23)24-14-8-3-9-15-24/h1-18,31H,19H2. The first-order chi connectivity index (χ1) is 14.9. The zero-order valence-corrected chi connectivity index (χ0v) is 17.6. The molecule has 4 aromatic carbocycles. The molecule has 0 saturated carbocycles. The quantitative estimate of drug-likeness (QED) is 0.261. The van der Waals surface area contributed by atoms with Crippen LogP contribution >= 0.6 is 7.26 Å². The van der Waals surface area contributed by atoms with Crippen LogP contribution < -0.4 is 15.9 Å². The van der Waals surface area contributed by atoms with Gasteiger partial charge in [-0.15, -0.1) is 0 Å². The van der Waals surface area contributed by atoms with E-state index in [-0.39, 0.29) is 11.7 Å². The molecule has 31 heavy (non-hydrogen) atoms. The molecular formula is C26H21F4P. The summed E-state index contributed by atoms with van der Waals surface area (Å²) in [4.78, 5) is 0. The van der Waals surface area contributed by atoms with Gasteiger partial charge in [0, 0.05) is 0 Å². The van der Waals surface area contributed by atoms with Gasteiger partial charge < -0.3 is 0 Å². The van der Waals surface area contributed by atoms with Crippen LogP contribution in [0, 0.1) is 5.82 Å². The molecule has 0 atom stereocenters. The van der Waals surface area contributed by atoms with Crippen molar-refractivity contribution in [2.24, 2.45) is 0 Å². The third-order valence-corrected chi connectivity index (χ3v) is 10.5. The van der Waals surface area contributed by atoms with Crippen LogP contribution in [-0.4, -0.2) is 0 Å². The number of halogens is 4. The van der Waals surface area contributed by atoms with Crippen LogP contribution in [0.5, 0.6) is 0 Å². The molecule has 0 nitrogen and oxygen atoms in total. The fourth-order valence-electron chi connectivity index (χ4n) is 4.15. The Bertz CT molecular complexity index is 1040. The maximum absolute atomic E-state index is 14.9. The first-order valence-electron chi connectivity index (χ1n) is 9.93. The van der Waals surface area contributed by atoms with Gasteiger partial charge in [0.25, 0.3) is 0 Å². The van der Waals surface area contributed by atoms with E-state index in [0.717, 1.165) is 34.1 Å². The van der Waals surface area contributed by atoms with E-state index in [4.69, 9.17) is 0 Å². The molecule has 0 unspecified atom stereocenters. The minimum absolute atomic E-state index is 0.0815. The normalized spacial score (nSPS) is 12.5. The number of hydrogen-bond donors (Lipinski definition) is 0. The van der Waals surface area contributed by atoms with E-state index in [2.05, 4.69) is 0 Å². The van der Waals surface area contributed by atoms with Gasteiger partial charge in [-0.3, -0.25) is 0 Å². The molecule has 0 radical (unpaired) electrons. The zero-order valence-electron chi connectivity index (χ0n) is 16.6. The van der Waals surface area contributed by atoms with Crippen molar-refractivity contribution in [1.29, 1.82) is 0 Å². The minimum atomic E-state index is -4.53. The van der Waals surface area contributed by atoms with Crippen LogP contribution in [0.15, 0.2) is 109 Å². The zero-order chi connectivity index (χ0) is 21.9. The summed E-state index contributed by atoms with van der Waals surface area (Å²) in [6.45, 7) is 0. The fraction of sp³-hybridized carbons (Fsp3) is 0.0769. The second-order valence-electron chi connectivity index (χ2n) is 7.48. The van der Waals surface area contributed by atoms with Crippen molar-refractivity contribution in [2.75, 3.05) is 0 Å². The van der Waals surface area contributed by atoms with Crippen molar-refractivity contribution in [3.05, 3.63) is 126 Å². The number of hydrogen-bond acceptors (Lipinski definition) is 0. The first kappa shape index (κ1) is 21.3. The summed E-state index contributed by atoms with van der Waals surface area (Å²) >= 11 is 0. The second kappa shape index (κ2) is 8.64. The van der Waals surface area contributed by atoms with Gasteiger partial charge in [0.05, 0.1) is 0 Å². The third-order valence-electron chi connectivity index (χ3n) is 5.63. The molecule has 0 spiro atoms. The van der Waals surface area contributed by atoms with Crippen LogP contribution in [0.25, 0.3) is 0 Å². The Morgan fingerprint density at radius 3 is 1.39 bits per heavy atom. The molecule has 4 rings (SSSR count). The van der Waals surface area contributed by atoms with Gasteiger partial charge in [0.15, 0.2) is 0 Å². The van der Waals surface area contributed by atoms with Crippen LogP contribution in [0.1, 0.15) is 11.1 Å². The Labute approximate surface area is 179 Å². The summed E-state index contributed by atoms with van der Waals surface area (Å²) in [5, 5.41) is 3.05. The predicted molar refractivity (Wildman–Crippen MR) is 122 cm³/mol. The number of benzene rings is 4. The van der Waals surface area contributed by atoms with E-state index < -0.39 is 24.8 Å². The molecule has 158 valence electrons. The van der Waals surface area contributed by atoms with Gasteiger partial charge in [-0.05, 0) is 0 Å². The van der Waals surface area contributed by atoms with Crippen LogP contribution in [0.3, 0.4) is 0 Å². The average Bonchev–Trinajstić information content (AvgIpc) is 2.79. The topological polar surface area (TPSA) is 0 Å². The molecule has 0 aliphatic carbocycles. The Kier molecular flexibility index (Phi) is 5.93. The number of alkyl halides is 3. The molecule has 0 heterocycles. The Hall–Kier alpha value is -2.97. The SMILES string of the molecule is Fc1ccc(C(F)(F)F)cc1C[PH](c1ccccc1)(c1ccccc1)c1ccccc1. The predicted octanol–water partition coefficient (Wildman–Crippen LogP) is 6.07. The Balaban J connectivity index is 2.00. The summed E-state index contributed by atoms with van der Waals surface area (Å²) in [7, 11) is -2.89. The molecule has 0 fully saturated rings. The maximum atomic E-state index is 14.9. The molecule has 0 bridgehead atoms. The van der Waals surface area contributed by atoms with Gasteiger partial charge >= 0.3 is 179 Å². The van der Waals surface area contributed by atoms with E-state index in [9.17, 15) is 17.6 Å². The van der Waals surface area contributed by atoms with Crippen LogP contribution in [0.4, 0.5) is 17.6 Å². The van der Waals surface area contributed by atoms with E-state index in [1.807, 2.05) is 91.0 Å². The monoisotopic (exact) mass is 440 g/mol. The summed E-state index contributed by atoms with van der Waals surface area (Å²) in [5.41, 5.74) is -0.751. The van der Waals surface area contributed by atoms with Crippen molar-refractivity contribution in [2.45, 2.75) is 12.3 Å². The summed E-state index contributed by atoms with van der Waals surface area (Å²) in [5.74, 6) is -0.618. The van der Waals surface area contributed by atoms with Crippen molar-refractivity contribution in [1.82, 2.24) is 0 Å². The molecule has 4 aromatic rings. The van der Waals surface area contributed by atoms with E-state index in [1.165, 1.54) is 0 Å². The summed E-state index contributed by atoms with van der Waals surface area (Å²) < 4.78 is 55.1. The van der Waals surface area contributed by atoms with E-state index in [0.29, 0.717) is 0 Å². The molecule has 0 aliphatic rings.